The molecular weight excluding hydrogens is 342 g/mol. The van der Waals surface area contributed by atoms with Crippen molar-refractivity contribution in [3.05, 3.63) is 53.6 Å². The Hall–Kier alpha value is -2.86. The number of amides is 1. The van der Waals surface area contributed by atoms with Crippen LogP contribution in [0.4, 0.5) is 5.69 Å². The van der Waals surface area contributed by atoms with Crippen molar-refractivity contribution >= 4 is 34.1 Å². The molecule has 1 amide bonds. The number of carbonyl (C=O) groups is 1. The average Bonchev–Trinajstić information content (AvgIpc) is 2.90. The van der Waals surface area contributed by atoms with Crippen LogP contribution in [-0.2, 0) is 11.3 Å². The summed E-state index contributed by atoms with van der Waals surface area (Å²) in [5.41, 5.74) is 1.11. The van der Waals surface area contributed by atoms with Gasteiger partial charge in [-0.2, -0.15) is 0 Å². The van der Waals surface area contributed by atoms with Gasteiger partial charge in [-0.25, -0.2) is 0 Å². The normalized spacial score (nSPS) is 11.3. The van der Waals surface area contributed by atoms with Gasteiger partial charge in [0.15, 0.2) is 12.3 Å². The molecule has 0 spiro atoms. The first kappa shape index (κ1) is 17.0. The lowest BCUT2D eigenvalue weighted by Crippen LogP contribution is -2.07. The second-order valence-electron chi connectivity index (χ2n) is 5.27. The summed E-state index contributed by atoms with van der Waals surface area (Å²) < 4.78 is 7.03. The van der Waals surface area contributed by atoms with E-state index in [9.17, 15) is 9.90 Å². The summed E-state index contributed by atoms with van der Waals surface area (Å²) in [6.45, 7) is 2.24. The second-order valence-corrected chi connectivity index (χ2v) is 5.71. The Bertz CT molecular complexity index is 933. The molecule has 1 aromatic heterocycles. The molecule has 0 aliphatic carbocycles. The number of fused-ring (bicyclic) bond motifs is 1. The third-order valence-corrected chi connectivity index (χ3v) is 3.92. The molecule has 128 valence electrons. The minimum atomic E-state index is -0.553. The molecule has 0 aliphatic rings. The summed E-state index contributed by atoms with van der Waals surface area (Å²) in [5.74, 6) is -0.0556. The van der Waals surface area contributed by atoms with Crippen molar-refractivity contribution in [3.8, 4) is 11.6 Å². The standard InChI is InChI=1S/C18H16ClN3O3/c1-2-22-15-6-4-3-5-14(15)17(18(22)24)21-20-16(23)11-25-13-9-7-12(19)8-10-13/h3-10,24H,2,11H2,1H3. The first-order valence-corrected chi connectivity index (χ1v) is 8.11. The predicted molar refractivity (Wildman–Crippen MR) is 95.7 cm³/mol. The maximum absolute atomic E-state index is 11.9. The second kappa shape index (κ2) is 7.36. The van der Waals surface area contributed by atoms with E-state index in [0.717, 1.165) is 10.9 Å². The van der Waals surface area contributed by atoms with Crippen molar-refractivity contribution in [2.24, 2.45) is 10.2 Å². The first-order chi connectivity index (χ1) is 12.1. The van der Waals surface area contributed by atoms with Gasteiger partial charge in [-0.15, -0.1) is 10.2 Å². The molecule has 0 fully saturated rings. The van der Waals surface area contributed by atoms with Crippen molar-refractivity contribution < 1.29 is 14.6 Å². The molecule has 0 unspecified atom stereocenters. The van der Waals surface area contributed by atoms with Gasteiger partial charge in [-0.3, -0.25) is 4.79 Å². The third-order valence-electron chi connectivity index (χ3n) is 3.67. The predicted octanol–water partition coefficient (Wildman–Crippen LogP) is 4.71. The fourth-order valence-corrected chi connectivity index (χ4v) is 2.63. The Balaban J connectivity index is 1.75. The monoisotopic (exact) mass is 357 g/mol. The van der Waals surface area contributed by atoms with E-state index in [1.54, 1.807) is 28.8 Å². The van der Waals surface area contributed by atoms with Crippen LogP contribution in [0.5, 0.6) is 11.6 Å². The fourth-order valence-electron chi connectivity index (χ4n) is 2.50. The van der Waals surface area contributed by atoms with Gasteiger partial charge < -0.3 is 14.4 Å². The molecule has 3 aromatic rings. The summed E-state index contributed by atoms with van der Waals surface area (Å²) in [6, 6.07) is 14.1. The zero-order valence-corrected chi connectivity index (χ0v) is 14.3. The molecule has 25 heavy (non-hydrogen) atoms. The van der Waals surface area contributed by atoms with E-state index >= 15 is 0 Å². The molecule has 2 aromatic carbocycles. The maximum atomic E-state index is 11.9. The van der Waals surface area contributed by atoms with E-state index in [1.807, 2.05) is 31.2 Å². The maximum Gasteiger partial charge on any atom is 0.302 e. The summed E-state index contributed by atoms with van der Waals surface area (Å²) >= 11 is 5.79. The van der Waals surface area contributed by atoms with Gasteiger partial charge >= 0.3 is 5.91 Å². The van der Waals surface area contributed by atoms with Crippen molar-refractivity contribution in [1.82, 2.24) is 4.57 Å². The highest BCUT2D eigenvalue weighted by atomic mass is 35.5. The van der Waals surface area contributed by atoms with Gasteiger partial charge in [-0.1, -0.05) is 29.8 Å². The van der Waals surface area contributed by atoms with Crippen LogP contribution >= 0.6 is 11.6 Å². The van der Waals surface area contributed by atoms with Gasteiger partial charge in [-0.05, 0) is 37.3 Å². The van der Waals surface area contributed by atoms with Crippen molar-refractivity contribution in [2.75, 3.05) is 6.61 Å². The topological polar surface area (TPSA) is 76.2 Å². The average molecular weight is 358 g/mol. The molecule has 0 radical (unpaired) electrons. The summed E-state index contributed by atoms with van der Waals surface area (Å²) in [7, 11) is 0. The summed E-state index contributed by atoms with van der Waals surface area (Å²) in [4.78, 5) is 11.9. The number of hydrogen-bond donors (Lipinski definition) is 1. The molecule has 7 heteroatoms. The lowest BCUT2D eigenvalue weighted by molar-refractivity contribution is -0.120. The minimum absolute atomic E-state index is 0.0149. The van der Waals surface area contributed by atoms with E-state index < -0.39 is 5.91 Å². The van der Waals surface area contributed by atoms with Crippen LogP contribution in [-0.4, -0.2) is 22.2 Å². The number of azo groups is 1. The van der Waals surface area contributed by atoms with Crippen LogP contribution in [0.25, 0.3) is 10.9 Å². The smallest absolute Gasteiger partial charge is 0.302 e. The molecule has 0 bridgehead atoms. The zero-order valence-electron chi connectivity index (χ0n) is 13.5. The largest absolute Gasteiger partial charge is 0.493 e. The number of para-hydroxylation sites is 1. The van der Waals surface area contributed by atoms with Gasteiger partial charge in [0.25, 0.3) is 0 Å². The van der Waals surface area contributed by atoms with Crippen LogP contribution in [0.1, 0.15) is 6.92 Å². The molecule has 0 saturated heterocycles. The Morgan fingerprint density at radius 1 is 1.20 bits per heavy atom. The Labute approximate surface area is 149 Å². The third kappa shape index (κ3) is 3.64. The van der Waals surface area contributed by atoms with Gasteiger partial charge in [0.1, 0.15) is 5.75 Å². The number of benzene rings is 2. The van der Waals surface area contributed by atoms with Gasteiger partial charge in [0.05, 0.1) is 5.52 Å². The van der Waals surface area contributed by atoms with E-state index in [1.165, 1.54) is 0 Å². The molecule has 1 N–H and O–H groups in total. The number of aromatic hydroxyl groups is 1. The first-order valence-electron chi connectivity index (χ1n) is 7.73. The zero-order chi connectivity index (χ0) is 17.8. The van der Waals surface area contributed by atoms with Crippen molar-refractivity contribution in [2.45, 2.75) is 13.5 Å². The highest BCUT2D eigenvalue weighted by molar-refractivity contribution is 6.30. The quantitative estimate of drug-likeness (QED) is 0.672. The van der Waals surface area contributed by atoms with E-state index in [2.05, 4.69) is 10.2 Å². The number of nitrogens with zero attached hydrogens (tertiary/aromatic N) is 3. The number of hydrogen-bond acceptors (Lipinski definition) is 4. The van der Waals surface area contributed by atoms with E-state index in [0.29, 0.717) is 17.3 Å². The number of ether oxygens (including phenoxy) is 1. The number of carbonyl (C=O) groups excluding carboxylic acids is 1. The Kier molecular flexibility index (Phi) is 5.00. The highest BCUT2D eigenvalue weighted by Gasteiger charge is 2.15. The lowest BCUT2D eigenvalue weighted by atomic mass is 10.2. The molecule has 6 nitrogen and oxygen atoms in total. The number of rotatable bonds is 5. The van der Waals surface area contributed by atoms with Gasteiger partial charge in [0, 0.05) is 17.0 Å². The number of aryl methyl sites for hydroxylation is 1. The Morgan fingerprint density at radius 3 is 2.64 bits per heavy atom. The minimum Gasteiger partial charge on any atom is -0.493 e. The molecular formula is C18H16ClN3O3. The van der Waals surface area contributed by atoms with Crippen molar-refractivity contribution in [1.29, 1.82) is 0 Å². The van der Waals surface area contributed by atoms with Crippen LogP contribution in [0.15, 0.2) is 58.8 Å². The van der Waals surface area contributed by atoms with Gasteiger partial charge in [0.2, 0.25) is 5.88 Å². The molecule has 0 saturated carbocycles. The van der Waals surface area contributed by atoms with E-state index in [-0.39, 0.29) is 18.2 Å². The van der Waals surface area contributed by atoms with Crippen LogP contribution < -0.4 is 4.74 Å². The van der Waals surface area contributed by atoms with Crippen LogP contribution in [0, 0.1) is 0 Å². The number of halogens is 1. The molecule has 0 aliphatic heterocycles. The molecule has 0 atom stereocenters. The SMILES string of the molecule is CCn1c(O)c(N=NC(=O)COc2ccc(Cl)cc2)c2ccccc21. The van der Waals surface area contributed by atoms with Crippen molar-refractivity contribution in [3.63, 3.8) is 0 Å². The molecule has 3 rings (SSSR count). The van der Waals surface area contributed by atoms with Crippen LogP contribution in [0.3, 0.4) is 0 Å². The lowest BCUT2D eigenvalue weighted by Gasteiger charge is -2.02. The van der Waals surface area contributed by atoms with E-state index in [4.69, 9.17) is 16.3 Å². The highest BCUT2D eigenvalue weighted by Crippen LogP contribution is 2.38. The fraction of sp³-hybridized carbons (Fsp3) is 0.167. The summed E-state index contributed by atoms with van der Waals surface area (Å²) in [6.07, 6.45) is 0. The van der Waals surface area contributed by atoms with Crippen LogP contribution in [0.2, 0.25) is 5.02 Å². The Morgan fingerprint density at radius 2 is 1.92 bits per heavy atom. The number of aromatic nitrogens is 1. The summed E-state index contributed by atoms with van der Waals surface area (Å²) in [5, 5.41) is 19.2. The molecule has 1 heterocycles.